The van der Waals surface area contributed by atoms with E-state index in [0.29, 0.717) is 38.1 Å². The third kappa shape index (κ3) is 8.49. The number of carbonyl (C=O) groups excluding carboxylic acids is 2. The Morgan fingerprint density at radius 2 is 1.86 bits per heavy atom. The maximum absolute atomic E-state index is 14.5. The van der Waals surface area contributed by atoms with Gasteiger partial charge in [0, 0.05) is 35.7 Å². The molecule has 1 aromatic carbocycles. The number of benzene rings is 1. The third-order valence-electron chi connectivity index (χ3n) is 13.3. The zero-order valence-electron chi connectivity index (χ0n) is 36.0. The number of nitrogens with zero attached hydrogens (tertiary/aromatic N) is 6. The van der Waals surface area contributed by atoms with Gasteiger partial charge in [0.1, 0.15) is 35.6 Å². The second-order valence-corrected chi connectivity index (χ2v) is 18.4. The summed E-state index contributed by atoms with van der Waals surface area (Å²) in [7, 11) is 3.87. The molecule has 0 radical (unpaired) electrons. The van der Waals surface area contributed by atoms with Crippen molar-refractivity contribution in [3.63, 3.8) is 0 Å². The lowest BCUT2D eigenvalue weighted by molar-refractivity contribution is -0.302. The molecule has 17 heteroatoms. The lowest BCUT2D eigenvalue weighted by atomic mass is 9.72. The number of likely N-dealkylation sites (N-methyl/N-ethyl adjacent to an activating group) is 1. The minimum absolute atomic E-state index is 0.0109. The Hall–Kier alpha value is -3.32. The molecule has 1 amide bonds. The van der Waals surface area contributed by atoms with Gasteiger partial charge in [0.05, 0.1) is 67.4 Å². The van der Waals surface area contributed by atoms with Gasteiger partial charge in [-0.05, 0) is 73.0 Å². The summed E-state index contributed by atoms with van der Waals surface area (Å²) in [6, 6.07) is 5.08. The molecule has 4 fully saturated rings. The van der Waals surface area contributed by atoms with E-state index in [1.807, 2.05) is 71.8 Å². The highest BCUT2D eigenvalue weighted by atomic mass is 32.1. The molecule has 5 aliphatic rings. The molecule has 326 valence electrons. The minimum Gasteiger partial charge on any atom is -0.458 e. The van der Waals surface area contributed by atoms with E-state index >= 15 is 0 Å². The summed E-state index contributed by atoms with van der Waals surface area (Å²) >= 11 is 1.14. The maximum atomic E-state index is 14.5. The number of fused-ring (bicyclic) bond motifs is 5. The molecule has 4 bridgehead atoms. The summed E-state index contributed by atoms with van der Waals surface area (Å²) in [5.74, 6) is -2.27. The van der Waals surface area contributed by atoms with Crippen LogP contribution in [0.2, 0.25) is 0 Å². The molecule has 4 saturated heterocycles. The number of cyclic esters (lactones) is 1. The molecule has 16 nitrogen and oxygen atoms in total. The smallest absolute Gasteiger partial charge is 0.410 e. The molecule has 0 aliphatic carbocycles. The number of hydrogen-bond acceptors (Lipinski definition) is 16. The van der Waals surface area contributed by atoms with Crippen molar-refractivity contribution in [2.45, 2.75) is 141 Å². The molecule has 2 aromatic rings. The molecule has 5 aliphatic heterocycles. The van der Waals surface area contributed by atoms with Crippen LogP contribution in [0.5, 0.6) is 0 Å². The summed E-state index contributed by atoms with van der Waals surface area (Å²) in [5.41, 5.74) is 1.54. The molecule has 14 atom stereocenters. The first-order valence-corrected chi connectivity index (χ1v) is 21.8. The molecule has 1 aromatic heterocycles. The van der Waals surface area contributed by atoms with Crippen LogP contribution in [0, 0.1) is 23.7 Å². The van der Waals surface area contributed by atoms with Gasteiger partial charge in [-0.3, -0.25) is 14.7 Å². The van der Waals surface area contributed by atoms with Gasteiger partial charge >= 0.3 is 12.1 Å². The van der Waals surface area contributed by atoms with Crippen LogP contribution in [0.15, 0.2) is 28.3 Å². The van der Waals surface area contributed by atoms with E-state index in [4.69, 9.17) is 38.3 Å². The number of rotatable bonds is 7. The van der Waals surface area contributed by atoms with Gasteiger partial charge in [-0.25, -0.2) is 4.79 Å². The van der Waals surface area contributed by atoms with Crippen LogP contribution in [0.25, 0.3) is 11.0 Å². The molecular weight excluding hydrogens is 781 g/mol. The predicted molar refractivity (Wildman–Crippen MR) is 220 cm³/mol. The van der Waals surface area contributed by atoms with Crippen LogP contribution in [-0.4, -0.2) is 148 Å². The molecule has 59 heavy (non-hydrogen) atoms. The van der Waals surface area contributed by atoms with Crippen molar-refractivity contribution in [3.8, 4) is 0 Å². The highest BCUT2D eigenvalue weighted by Gasteiger charge is 2.60. The second kappa shape index (κ2) is 17.6. The highest BCUT2D eigenvalue weighted by Crippen LogP contribution is 2.45. The van der Waals surface area contributed by atoms with Gasteiger partial charge in [-0.15, -0.1) is 0 Å². The third-order valence-corrected chi connectivity index (χ3v) is 13.9. The SMILES string of the molecule is CC[C@@H]1OC(=O)[C@H](C)[C@H]2OCC(=NOCc3cccc4nsnc34)CO[C@](C)(C[C@@H](C)C3=NCCN4C(=O)O[C@@]1(C)[C@H]4[C@H]3C)[C@@H](O[C@H]1O[C@@H](C)C[C@@H](N(C)C)[C@@H]1O)[C@@H]2C. The van der Waals surface area contributed by atoms with Crippen molar-refractivity contribution < 1.29 is 48.0 Å². The standard InChI is InChI=1S/C42H62N6O10S/c1-11-31-42(8)36-24(4)32(43-15-16-48(36)40(51)58-42)22(2)18-41(7)37(57-39-34(49)30(47(9)10)17-23(3)55-39)25(5)35(26(6)38(50)56-31)52-20-28(21-53-41)44-54-19-27-13-12-14-29-33(27)46-59-45-29/h12-14,22-26,30-31,34-37,39,49H,11,15-21H2,1-10H3/t22-,23+,24+,25-,26-,30-,31+,34+,35+,36-,37+,39-,41-,42-/m1/s1. The van der Waals surface area contributed by atoms with Crippen LogP contribution in [0.3, 0.4) is 0 Å². The van der Waals surface area contributed by atoms with Gasteiger partial charge in [0.25, 0.3) is 0 Å². The fourth-order valence-electron chi connectivity index (χ4n) is 10.4. The number of aromatic nitrogens is 2. The number of aliphatic hydroxyl groups is 1. The van der Waals surface area contributed by atoms with Crippen molar-refractivity contribution in [3.05, 3.63) is 23.8 Å². The van der Waals surface area contributed by atoms with Gasteiger partial charge in [-0.1, -0.05) is 45.0 Å². The van der Waals surface area contributed by atoms with E-state index in [1.54, 1.807) is 11.8 Å². The molecule has 0 saturated carbocycles. The van der Waals surface area contributed by atoms with E-state index in [-0.39, 0.29) is 43.8 Å². The van der Waals surface area contributed by atoms with Crippen molar-refractivity contribution >= 4 is 46.2 Å². The van der Waals surface area contributed by atoms with Crippen molar-refractivity contribution in [1.29, 1.82) is 0 Å². The fraction of sp³-hybridized carbons (Fsp3) is 0.762. The lowest BCUT2D eigenvalue weighted by Crippen LogP contribution is -2.60. The van der Waals surface area contributed by atoms with Crippen LogP contribution in [0.1, 0.15) is 80.2 Å². The van der Waals surface area contributed by atoms with Crippen LogP contribution in [-0.2, 0) is 44.7 Å². The highest BCUT2D eigenvalue weighted by molar-refractivity contribution is 7.00. The summed E-state index contributed by atoms with van der Waals surface area (Å²) < 4.78 is 48.6. The molecule has 0 unspecified atom stereocenters. The summed E-state index contributed by atoms with van der Waals surface area (Å²) in [4.78, 5) is 42.9. The number of ether oxygens (including phenoxy) is 6. The quantitative estimate of drug-likeness (QED) is 0.296. The van der Waals surface area contributed by atoms with Crippen molar-refractivity contribution in [1.82, 2.24) is 18.5 Å². The normalized spacial score (nSPS) is 40.4. The topological polar surface area (TPSA) is 176 Å². The Morgan fingerprint density at radius 1 is 1.08 bits per heavy atom. The summed E-state index contributed by atoms with van der Waals surface area (Å²) in [5, 5.41) is 16.3. The molecular formula is C42H62N6O10S. The number of amides is 1. The molecule has 1 N–H and O–H groups in total. The Kier molecular flexibility index (Phi) is 13.0. The first-order valence-electron chi connectivity index (χ1n) is 21.1. The number of esters is 1. The Bertz CT molecular complexity index is 1900. The largest absolute Gasteiger partial charge is 0.458 e. The summed E-state index contributed by atoms with van der Waals surface area (Å²) in [6.45, 7) is 16.7. The first-order chi connectivity index (χ1) is 28.1. The number of hydrogen-bond donors (Lipinski definition) is 1. The van der Waals surface area contributed by atoms with Gasteiger partial charge in [0.15, 0.2) is 11.9 Å². The van der Waals surface area contributed by atoms with Crippen LogP contribution in [0.4, 0.5) is 4.79 Å². The fourth-order valence-corrected chi connectivity index (χ4v) is 11.0. The minimum atomic E-state index is -1.14. The Morgan fingerprint density at radius 3 is 2.61 bits per heavy atom. The molecule has 0 spiro atoms. The van der Waals surface area contributed by atoms with Gasteiger partial charge < -0.3 is 43.3 Å². The van der Waals surface area contributed by atoms with E-state index in [9.17, 15) is 14.7 Å². The van der Waals surface area contributed by atoms with E-state index in [0.717, 1.165) is 34.0 Å². The van der Waals surface area contributed by atoms with E-state index in [1.165, 1.54) is 0 Å². The zero-order chi connectivity index (χ0) is 42.4. The van der Waals surface area contributed by atoms with E-state index < -0.39 is 71.8 Å². The van der Waals surface area contributed by atoms with Crippen molar-refractivity contribution in [2.75, 3.05) is 40.4 Å². The second-order valence-electron chi connectivity index (χ2n) is 17.9. The number of carbonyl (C=O) groups is 2. The summed E-state index contributed by atoms with van der Waals surface area (Å²) in [6.07, 6.45) is -3.46. The average Bonchev–Trinajstić information content (AvgIpc) is 3.73. The predicted octanol–water partition coefficient (Wildman–Crippen LogP) is 4.85. The number of oxime groups is 1. The van der Waals surface area contributed by atoms with Crippen molar-refractivity contribution in [2.24, 2.45) is 33.8 Å². The van der Waals surface area contributed by atoms with E-state index in [2.05, 4.69) is 27.8 Å². The average molecular weight is 843 g/mol. The van der Waals surface area contributed by atoms with Crippen LogP contribution < -0.4 is 0 Å². The first kappa shape index (κ1) is 43.8. The van der Waals surface area contributed by atoms with Gasteiger partial charge in [-0.2, -0.15) is 8.75 Å². The number of aliphatic imine (C=N–C) groups is 1. The Balaban J connectivity index is 1.31. The molecule has 6 heterocycles. The number of aliphatic hydroxyl groups excluding tert-OH is 1. The molecule has 7 rings (SSSR count). The van der Waals surface area contributed by atoms with Crippen LogP contribution >= 0.6 is 11.7 Å². The Labute approximate surface area is 351 Å². The monoisotopic (exact) mass is 842 g/mol. The lowest BCUT2D eigenvalue weighted by Gasteiger charge is -2.48. The van der Waals surface area contributed by atoms with Gasteiger partial charge in [0.2, 0.25) is 0 Å². The maximum Gasteiger partial charge on any atom is 0.410 e. The zero-order valence-corrected chi connectivity index (χ0v) is 36.8.